The van der Waals surface area contributed by atoms with Crippen LogP contribution in [0.4, 0.5) is 4.79 Å². The number of hydrogen-bond donors (Lipinski definition) is 0. The summed E-state index contributed by atoms with van der Waals surface area (Å²) in [6, 6.07) is 0.100. The van der Waals surface area contributed by atoms with Gasteiger partial charge < -0.3 is 14.5 Å². The van der Waals surface area contributed by atoms with Crippen molar-refractivity contribution in [1.82, 2.24) is 9.80 Å². The lowest BCUT2D eigenvalue weighted by Crippen LogP contribution is -2.42. The van der Waals surface area contributed by atoms with Gasteiger partial charge in [0.2, 0.25) is 0 Å². The summed E-state index contributed by atoms with van der Waals surface area (Å²) in [6.07, 6.45) is 2.30. The lowest BCUT2D eigenvalue weighted by Gasteiger charge is -2.29. The summed E-state index contributed by atoms with van der Waals surface area (Å²) >= 11 is 0. The minimum absolute atomic E-state index is 0.100. The van der Waals surface area contributed by atoms with Gasteiger partial charge in [0, 0.05) is 39.7 Å². The molecule has 88 valence electrons. The number of urea groups is 1. The Balaban J connectivity index is 2.33. The second-order valence-electron chi connectivity index (χ2n) is 4.26. The van der Waals surface area contributed by atoms with Gasteiger partial charge in [-0.25, -0.2) is 4.79 Å². The minimum Gasteiger partial charge on any atom is -0.381 e. The predicted octanol–water partition coefficient (Wildman–Crippen LogP) is 1.42. The average molecular weight is 214 g/mol. The molecular formula is C11H22N2O2. The molecule has 1 fully saturated rings. The first-order valence-corrected chi connectivity index (χ1v) is 5.69. The molecule has 0 aromatic carbocycles. The van der Waals surface area contributed by atoms with E-state index in [1.54, 1.807) is 9.80 Å². The van der Waals surface area contributed by atoms with Crippen molar-refractivity contribution in [2.75, 3.05) is 40.4 Å². The zero-order valence-corrected chi connectivity index (χ0v) is 10.0. The summed E-state index contributed by atoms with van der Waals surface area (Å²) in [5.41, 5.74) is 0. The van der Waals surface area contributed by atoms with E-state index in [9.17, 15) is 4.79 Å². The van der Waals surface area contributed by atoms with E-state index >= 15 is 0 Å². The Morgan fingerprint density at radius 3 is 2.67 bits per heavy atom. The zero-order valence-electron chi connectivity index (χ0n) is 10.0. The second-order valence-corrected chi connectivity index (χ2v) is 4.26. The van der Waals surface area contributed by atoms with Crippen LogP contribution in [0.1, 0.15) is 19.8 Å². The van der Waals surface area contributed by atoms with Crippen LogP contribution in [0.5, 0.6) is 0 Å². The first kappa shape index (κ1) is 12.3. The number of rotatable bonds is 3. The molecule has 0 spiro atoms. The second kappa shape index (κ2) is 5.95. The monoisotopic (exact) mass is 214 g/mol. The van der Waals surface area contributed by atoms with Crippen LogP contribution in [0.2, 0.25) is 0 Å². The molecule has 0 aromatic rings. The number of nitrogens with zero attached hydrogens (tertiary/aromatic N) is 2. The molecular weight excluding hydrogens is 192 g/mol. The van der Waals surface area contributed by atoms with Crippen LogP contribution < -0.4 is 0 Å². The SMILES string of the molecule is CCN(C)C(=O)N(C)CC1CCCOC1. The third kappa shape index (κ3) is 3.70. The van der Waals surface area contributed by atoms with Crippen LogP contribution in [0, 0.1) is 5.92 Å². The molecule has 0 aromatic heterocycles. The maximum atomic E-state index is 11.8. The topological polar surface area (TPSA) is 32.8 Å². The van der Waals surface area contributed by atoms with Crippen LogP contribution in [0.25, 0.3) is 0 Å². The third-order valence-corrected chi connectivity index (χ3v) is 2.91. The summed E-state index contributed by atoms with van der Waals surface area (Å²) < 4.78 is 5.40. The standard InChI is InChI=1S/C11H22N2O2/c1-4-12(2)11(14)13(3)8-10-6-5-7-15-9-10/h10H,4-9H2,1-3H3. The smallest absolute Gasteiger partial charge is 0.319 e. The molecule has 4 nitrogen and oxygen atoms in total. The van der Waals surface area contributed by atoms with Crippen molar-refractivity contribution in [3.8, 4) is 0 Å². The Morgan fingerprint density at radius 1 is 1.40 bits per heavy atom. The van der Waals surface area contributed by atoms with E-state index in [0.29, 0.717) is 5.92 Å². The van der Waals surface area contributed by atoms with E-state index in [2.05, 4.69) is 0 Å². The van der Waals surface area contributed by atoms with Crippen molar-refractivity contribution < 1.29 is 9.53 Å². The van der Waals surface area contributed by atoms with Gasteiger partial charge in [0.25, 0.3) is 0 Å². The summed E-state index contributed by atoms with van der Waals surface area (Å²) in [5.74, 6) is 0.512. The molecule has 4 heteroatoms. The lowest BCUT2D eigenvalue weighted by molar-refractivity contribution is 0.0440. The molecule has 0 N–H and O–H groups in total. The van der Waals surface area contributed by atoms with Gasteiger partial charge in [-0.1, -0.05) is 0 Å². The van der Waals surface area contributed by atoms with Gasteiger partial charge in [-0.05, 0) is 19.8 Å². The van der Waals surface area contributed by atoms with E-state index in [4.69, 9.17) is 4.74 Å². The van der Waals surface area contributed by atoms with Gasteiger partial charge in [0.05, 0.1) is 6.61 Å². The molecule has 1 unspecified atom stereocenters. The molecule has 1 saturated heterocycles. The molecule has 1 aliphatic rings. The maximum absolute atomic E-state index is 11.8. The number of carbonyl (C=O) groups excluding carboxylic acids is 1. The Bertz CT molecular complexity index is 203. The Hall–Kier alpha value is -0.770. The fourth-order valence-electron chi connectivity index (χ4n) is 1.84. The fraction of sp³-hybridized carbons (Fsp3) is 0.909. The zero-order chi connectivity index (χ0) is 11.3. The van der Waals surface area contributed by atoms with Gasteiger partial charge in [-0.3, -0.25) is 0 Å². The van der Waals surface area contributed by atoms with Gasteiger partial charge in [0.15, 0.2) is 0 Å². The number of amides is 2. The highest BCUT2D eigenvalue weighted by molar-refractivity contribution is 5.73. The van der Waals surface area contributed by atoms with E-state index in [-0.39, 0.29) is 6.03 Å². The van der Waals surface area contributed by atoms with Crippen molar-refractivity contribution in [1.29, 1.82) is 0 Å². The molecule has 1 aliphatic heterocycles. The molecule has 0 aliphatic carbocycles. The Morgan fingerprint density at radius 2 is 2.13 bits per heavy atom. The first-order chi connectivity index (χ1) is 7.15. The summed E-state index contributed by atoms with van der Waals surface area (Å²) in [6.45, 7) is 5.22. The molecule has 0 bridgehead atoms. The van der Waals surface area contributed by atoms with Crippen LogP contribution in [-0.2, 0) is 4.74 Å². The Kier molecular flexibility index (Phi) is 4.88. The van der Waals surface area contributed by atoms with Gasteiger partial charge in [-0.2, -0.15) is 0 Å². The highest BCUT2D eigenvalue weighted by Gasteiger charge is 2.19. The molecule has 0 saturated carbocycles. The normalized spacial score (nSPS) is 21.1. The third-order valence-electron chi connectivity index (χ3n) is 2.91. The summed E-state index contributed by atoms with van der Waals surface area (Å²) in [7, 11) is 3.69. The molecule has 1 atom stereocenters. The van der Waals surface area contributed by atoms with Crippen molar-refractivity contribution in [2.24, 2.45) is 5.92 Å². The van der Waals surface area contributed by atoms with Crippen molar-refractivity contribution >= 4 is 6.03 Å². The molecule has 1 heterocycles. The molecule has 1 rings (SSSR count). The highest BCUT2D eigenvalue weighted by atomic mass is 16.5. The largest absolute Gasteiger partial charge is 0.381 e. The van der Waals surface area contributed by atoms with E-state index in [1.165, 1.54) is 6.42 Å². The highest BCUT2D eigenvalue weighted by Crippen LogP contribution is 2.14. The van der Waals surface area contributed by atoms with Crippen LogP contribution in [-0.4, -0.2) is 56.2 Å². The molecule has 0 radical (unpaired) electrons. The maximum Gasteiger partial charge on any atom is 0.319 e. The summed E-state index contributed by atoms with van der Waals surface area (Å²) in [4.78, 5) is 15.3. The first-order valence-electron chi connectivity index (χ1n) is 5.69. The van der Waals surface area contributed by atoms with E-state index < -0.39 is 0 Å². The van der Waals surface area contributed by atoms with Crippen LogP contribution >= 0.6 is 0 Å². The van der Waals surface area contributed by atoms with E-state index in [0.717, 1.165) is 32.7 Å². The van der Waals surface area contributed by atoms with Crippen molar-refractivity contribution in [2.45, 2.75) is 19.8 Å². The number of hydrogen-bond acceptors (Lipinski definition) is 2. The molecule has 15 heavy (non-hydrogen) atoms. The number of carbonyl (C=O) groups is 1. The van der Waals surface area contributed by atoms with Crippen molar-refractivity contribution in [3.05, 3.63) is 0 Å². The van der Waals surface area contributed by atoms with Gasteiger partial charge >= 0.3 is 6.03 Å². The number of ether oxygens (including phenoxy) is 1. The quantitative estimate of drug-likeness (QED) is 0.711. The lowest BCUT2D eigenvalue weighted by atomic mass is 10.0. The average Bonchev–Trinajstić information content (AvgIpc) is 2.28. The van der Waals surface area contributed by atoms with Gasteiger partial charge in [0.1, 0.15) is 0 Å². The van der Waals surface area contributed by atoms with Crippen molar-refractivity contribution in [3.63, 3.8) is 0 Å². The van der Waals surface area contributed by atoms with Gasteiger partial charge in [-0.15, -0.1) is 0 Å². The van der Waals surface area contributed by atoms with Crippen LogP contribution in [0.3, 0.4) is 0 Å². The van der Waals surface area contributed by atoms with Crippen LogP contribution in [0.15, 0.2) is 0 Å². The Labute approximate surface area is 92.2 Å². The van der Waals surface area contributed by atoms with E-state index in [1.807, 2.05) is 21.0 Å². The molecule has 2 amide bonds. The summed E-state index contributed by atoms with van der Waals surface area (Å²) in [5, 5.41) is 0. The predicted molar refractivity (Wildman–Crippen MR) is 59.9 cm³/mol. The fourth-order valence-corrected chi connectivity index (χ4v) is 1.84. The minimum atomic E-state index is 0.100.